The second kappa shape index (κ2) is 3.37. The predicted octanol–water partition coefficient (Wildman–Crippen LogP) is 2.63. The van der Waals surface area contributed by atoms with Crippen molar-refractivity contribution in [2.45, 2.75) is 44.1 Å². The summed E-state index contributed by atoms with van der Waals surface area (Å²) in [6, 6.07) is 2.73. The Morgan fingerprint density at radius 3 is 3.20 bits per heavy atom. The maximum Gasteiger partial charge on any atom is 0.0951 e. The normalized spacial score (nSPS) is 33.1. The van der Waals surface area contributed by atoms with E-state index in [0.717, 1.165) is 0 Å². The first kappa shape index (κ1) is 8.96. The van der Waals surface area contributed by atoms with Gasteiger partial charge in [-0.2, -0.15) is 5.26 Å². The first-order chi connectivity index (χ1) is 7.42. The Bertz CT molecular complexity index is 401. The van der Waals surface area contributed by atoms with Gasteiger partial charge in [-0.1, -0.05) is 12.8 Å². The van der Waals surface area contributed by atoms with E-state index < -0.39 is 0 Å². The summed E-state index contributed by atoms with van der Waals surface area (Å²) in [5.41, 5.74) is 1.37. The lowest BCUT2D eigenvalue weighted by atomic mass is 9.76. The third-order valence-corrected chi connectivity index (χ3v) is 4.05. The van der Waals surface area contributed by atoms with E-state index in [0.29, 0.717) is 24.3 Å². The highest BCUT2D eigenvalue weighted by atomic mass is 15.1. The molecule has 0 radical (unpaired) electrons. The van der Waals surface area contributed by atoms with Crippen LogP contribution in [-0.2, 0) is 0 Å². The zero-order valence-corrected chi connectivity index (χ0v) is 8.76. The second-order valence-electron chi connectivity index (χ2n) is 4.71. The summed E-state index contributed by atoms with van der Waals surface area (Å²) in [6.45, 7) is 0. The lowest BCUT2D eigenvalue weighted by Crippen LogP contribution is -2.18. The molecule has 3 rings (SSSR count). The summed E-state index contributed by atoms with van der Waals surface area (Å²) < 4.78 is 2.25. The van der Waals surface area contributed by atoms with Gasteiger partial charge in [0.15, 0.2) is 0 Å². The van der Waals surface area contributed by atoms with Gasteiger partial charge in [0.05, 0.1) is 24.9 Å². The zero-order chi connectivity index (χ0) is 10.3. The molecule has 0 bridgehead atoms. The third kappa shape index (κ3) is 1.21. The molecule has 0 amide bonds. The molecule has 0 spiro atoms. The molecule has 1 aromatic heterocycles. The Morgan fingerprint density at radius 1 is 1.47 bits per heavy atom. The largest absolute Gasteiger partial charge is 0.330 e. The van der Waals surface area contributed by atoms with Crippen LogP contribution in [0.25, 0.3) is 0 Å². The molecule has 15 heavy (non-hydrogen) atoms. The fraction of sp³-hybridized carbons (Fsp3) is 0.667. The first-order valence-electron chi connectivity index (χ1n) is 5.80. The Hall–Kier alpha value is -1.30. The quantitative estimate of drug-likeness (QED) is 0.700. The molecule has 2 unspecified atom stereocenters. The minimum absolute atomic E-state index is 0.401. The molecule has 0 N–H and O–H groups in total. The fourth-order valence-corrected chi connectivity index (χ4v) is 3.42. The number of imidazole rings is 1. The van der Waals surface area contributed by atoms with E-state index >= 15 is 0 Å². The summed E-state index contributed by atoms with van der Waals surface area (Å²) in [5, 5.41) is 8.90. The average molecular weight is 201 g/mol. The van der Waals surface area contributed by atoms with E-state index in [9.17, 15) is 0 Å². The average Bonchev–Trinajstić information content (AvgIpc) is 2.82. The third-order valence-electron chi connectivity index (χ3n) is 4.05. The molecule has 0 aromatic carbocycles. The molecule has 1 saturated carbocycles. The van der Waals surface area contributed by atoms with Gasteiger partial charge in [0, 0.05) is 17.8 Å². The van der Waals surface area contributed by atoms with Gasteiger partial charge in [0.1, 0.15) is 0 Å². The number of hydrogen-bond acceptors (Lipinski definition) is 2. The molecule has 1 fully saturated rings. The van der Waals surface area contributed by atoms with Gasteiger partial charge in [-0.25, -0.2) is 4.98 Å². The molecular weight excluding hydrogens is 186 g/mol. The highest BCUT2D eigenvalue weighted by Crippen LogP contribution is 2.50. The number of nitriles is 1. The van der Waals surface area contributed by atoms with Crippen LogP contribution in [0.2, 0.25) is 0 Å². The Labute approximate surface area is 89.7 Å². The molecule has 2 aliphatic rings. The molecule has 0 saturated heterocycles. The van der Waals surface area contributed by atoms with Crippen LogP contribution < -0.4 is 0 Å². The molecule has 3 heteroatoms. The van der Waals surface area contributed by atoms with Crippen molar-refractivity contribution in [3.05, 3.63) is 18.2 Å². The lowest BCUT2D eigenvalue weighted by Gasteiger charge is -2.27. The van der Waals surface area contributed by atoms with Crippen LogP contribution in [0.3, 0.4) is 0 Å². The van der Waals surface area contributed by atoms with E-state index in [-0.39, 0.29) is 0 Å². The molecule has 2 heterocycles. The predicted molar refractivity (Wildman–Crippen MR) is 56.2 cm³/mol. The van der Waals surface area contributed by atoms with Gasteiger partial charge < -0.3 is 4.57 Å². The molecule has 1 aromatic rings. The first-order valence-corrected chi connectivity index (χ1v) is 5.80. The standard InChI is InChI=1S/C12H15N3/c13-6-5-11-9-3-1-2-4-10(9)12-7-14-8-15(11)12/h7-11H,1-5H2/t9-,10?,11?/m1/s1. The van der Waals surface area contributed by atoms with Crippen LogP contribution in [0.15, 0.2) is 12.5 Å². The van der Waals surface area contributed by atoms with Crippen molar-refractivity contribution in [2.75, 3.05) is 0 Å². The van der Waals surface area contributed by atoms with Crippen LogP contribution in [0.4, 0.5) is 0 Å². The minimum atomic E-state index is 0.401. The van der Waals surface area contributed by atoms with E-state index in [4.69, 9.17) is 5.26 Å². The van der Waals surface area contributed by atoms with Crippen LogP contribution in [-0.4, -0.2) is 9.55 Å². The minimum Gasteiger partial charge on any atom is -0.330 e. The summed E-state index contributed by atoms with van der Waals surface area (Å²) in [4.78, 5) is 4.22. The highest BCUT2D eigenvalue weighted by molar-refractivity contribution is 5.18. The highest BCUT2D eigenvalue weighted by Gasteiger charge is 2.41. The summed E-state index contributed by atoms with van der Waals surface area (Å²) in [7, 11) is 0. The number of nitrogens with zero attached hydrogens (tertiary/aromatic N) is 3. The van der Waals surface area contributed by atoms with Crippen molar-refractivity contribution in [2.24, 2.45) is 5.92 Å². The van der Waals surface area contributed by atoms with Gasteiger partial charge in [-0.3, -0.25) is 0 Å². The van der Waals surface area contributed by atoms with E-state index in [1.54, 1.807) is 0 Å². The van der Waals surface area contributed by atoms with Crippen molar-refractivity contribution in [1.82, 2.24) is 9.55 Å². The molecule has 78 valence electrons. The van der Waals surface area contributed by atoms with Crippen molar-refractivity contribution in [3.63, 3.8) is 0 Å². The van der Waals surface area contributed by atoms with E-state index in [2.05, 4.69) is 15.6 Å². The van der Waals surface area contributed by atoms with Crippen molar-refractivity contribution < 1.29 is 0 Å². The van der Waals surface area contributed by atoms with Crippen molar-refractivity contribution >= 4 is 0 Å². The summed E-state index contributed by atoms with van der Waals surface area (Å²) in [6.07, 6.45) is 9.81. The molecule has 1 aliphatic carbocycles. The van der Waals surface area contributed by atoms with Crippen LogP contribution in [0.1, 0.15) is 49.8 Å². The molecule has 3 nitrogen and oxygen atoms in total. The van der Waals surface area contributed by atoms with Gasteiger partial charge in [0.2, 0.25) is 0 Å². The van der Waals surface area contributed by atoms with Crippen LogP contribution >= 0.6 is 0 Å². The molecular formula is C12H15N3. The van der Waals surface area contributed by atoms with Gasteiger partial charge in [-0.05, 0) is 18.8 Å². The number of fused-ring (bicyclic) bond motifs is 3. The van der Waals surface area contributed by atoms with Crippen molar-refractivity contribution in [3.8, 4) is 6.07 Å². The van der Waals surface area contributed by atoms with Gasteiger partial charge >= 0.3 is 0 Å². The monoisotopic (exact) mass is 201 g/mol. The zero-order valence-electron chi connectivity index (χ0n) is 8.76. The number of hydrogen-bond donors (Lipinski definition) is 0. The molecule has 3 atom stereocenters. The van der Waals surface area contributed by atoms with Gasteiger partial charge in [-0.15, -0.1) is 0 Å². The maximum absolute atomic E-state index is 8.90. The van der Waals surface area contributed by atoms with E-state index in [1.807, 2.05) is 12.5 Å². The number of rotatable bonds is 1. The Kier molecular flexibility index (Phi) is 2.02. The van der Waals surface area contributed by atoms with Crippen LogP contribution in [0, 0.1) is 17.2 Å². The fourth-order valence-electron chi connectivity index (χ4n) is 3.42. The summed E-state index contributed by atoms with van der Waals surface area (Å²) in [5.74, 6) is 1.39. The van der Waals surface area contributed by atoms with E-state index in [1.165, 1.54) is 31.4 Å². The van der Waals surface area contributed by atoms with Gasteiger partial charge in [0.25, 0.3) is 0 Å². The topological polar surface area (TPSA) is 41.6 Å². The lowest BCUT2D eigenvalue weighted by molar-refractivity contribution is 0.267. The second-order valence-corrected chi connectivity index (χ2v) is 4.71. The molecule has 1 aliphatic heterocycles. The Morgan fingerprint density at radius 2 is 2.33 bits per heavy atom. The SMILES string of the molecule is N#CCC1[C@@H]2CCCCC2c2cncn21. The summed E-state index contributed by atoms with van der Waals surface area (Å²) >= 11 is 0. The van der Waals surface area contributed by atoms with Crippen molar-refractivity contribution in [1.29, 1.82) is 5.26 Å². The van der Waals surface area contributed by atoms with Crippen LogP contribution in [0.5, 0.6) is 0 Å². The number of aromatic nitrogens is 2. The Balaban J connectivity index is 1.99. The smallest absolute Gasteiger partial charge is 0.0951 e. The maximum atomic E-state index is 8.90.